The second-order valence-electron chi connectivity index (χ2n) is 14.3. The summed E-state index contributed by atoms with van der Waals surface area (Å²) >= 11 is 0. The molecule has 3 aromatic heterocycles. The SMILES string of the molecule is [2H]c1cc([2H])c2oc3c(-c4ccc(-c5nc(-c6ccccc6)nc(-c6cc7ccccc7c7ccccc67)n5)cc4-n4c5ccccc5c5ccccc54)c([2H])c([2H])c([2H])c3c2c1[2H]. The van der Waals surface area contributed by atoms with Crippen molar-refractivity contribution in [2.45, 2.75) is 0 Å². The van der Waals surface area contributed by atoms with Crippen LogP contribution in [0, 0.1) is 0 Å². The van der Waals surface area contributed by atoms with Gasteiger partial charge in [0.2, 0.25) is 0 Å². The zero-order valence-electron chi connectivity index (χ0n) is 36.7. The number of fused-ring (bicyclic) bond motifs is 9. The molecule has 0 radical (unpaired) electrons. The monoisotopic (exact) mass is 746 g/mol. The van der Waals surface area contributed by atoms with Gasteiger partial charge in [-0.1, -0.05) is 164 Å². The van der Waals surface area contributed by atoms with E-state index in [0.717, 1.165) is 54.5 Å². The molecule has 0 fully saturated rings. The number of nitrogens with zero attached hydrogens (tertiary/aromatic N) is 4. The highest BCUT2D eigenvalue weighted by Gasteiger charge is 2.22. The molecule has 0 saturated heterocycles. The Morgan fingerprint density at radius 1 is 0.414 bits per heavy atom. The van der Waals surface area contributed by atoms with Crippen LogP contribution in [0.25, 0.3) is 116 Å². The van der Waals surface area contributed by atoms with Gasteiger partial charge in [-0.15, -0.1) is 0 Å². The van der Waals surface area contributed by atoms with E-state index in [1.165, 1.54) is 6.07 Å². The van der Waals surface area contributed by atoms with Crippen LogP contribution in [0.4, 0.5) is 0 Å². The first-order valence-corrected chi connectivity index (χ1v) is 19.0. The van der Waals surface area contributed by atoms with E-state index in [9.17, 15) is 1.37 Å². The molecular formula is C53H32N4O. The smallest absolute Gasteiger partial charge is 0.164 e. The first-order valence-electron chi connectivity index (χ1n) is 22.0. The lowest BCUT2D eigenvalue weighted by atomic mass is 9.96. The molecule has 9 aromatic carbocycles. The molecule has 12 rings (SSSR count). The van der Waals surface area contributed by atoms with Gasteiger partial charge >= 0.3 is 0 Å². The summed E-state index contributed by atoms with van der Waals surface area (Å²) in [4.78, 5) is 15.5. The number of benzene rings is 9. The third-order valence-electron chi connectivity index (χ3n) is 11.0. The van der Waals surface area contributed by atoms with Crippen LogP contribution in [0.1, 0.15) is 8.22 Å². The van der Waals surface area contributed by atoms with Gasteiger partial charge in [0.15, 0.2) is 17.5 Å². The summed E-state index contributed by atoms with van der Waals surface area (Å²) in [5.41, 5.74) is 5.60. The van der Waals surface area contributed by atoms with E-state index >= 15 is 0 Å². The van der Waals surface area contributed by atoms with Gasteiger partial charge in [-0.05, 0) is 51.9 Å². The van der Waals surface area contributed by atoms with E-state index in [1.54, 1.807) is 0 Å². The standard InChI is InChI=1S/C53H32N4O/c1-2-15-33(16-3-1)51-54-52(56-53(55-51)45-31-34-17-4-5-18-36(34)37-19-6-7-20-38(37)45)35-29-30-41(43-24-14-25-44-42-23-10-13-28-49(42)58-50(43)44)48(32-35)57-46-26-11-8-21-39(46)40-22-9-12-27-47(40)57/h1-32H/i10D,14D,23D,24D,25D,28D. The molecule has 5 heteroatoms. The average Bonchev–Trinajstić information content (AvgIpc) is 3.90. The van der Waals surface area contributed by atoms with Crippen molar-refractivity contribution in [2.75, 3.05) is 0 Å². The van der Waals surface area contributed by atoms with Crippen LogP contribution in [-0.2, 0) is 0 Å². The molecule has 0 unspecified atom stereocenters. The van der Waals surface area contributed by atoms with Crippen LogP contribution < -0.4 is 0 Å². The van der Waals surface area contributed by atoms with Gasteiger partial charge in [0.1, 0.15) is 11.2 Å². The molecule has 58 heavy (non-hydrogen) atoms. The quantitative estimate of drug-likeness (QED) is 0.165. The predicted octanol–water partition coefficient (Wildman–Crippen LogP) is 13.8. The molecular weight excluding hydrogens is 709 g/mol. The van der Waals surface area contributed by atoms with E-state index in [1.807, 2.05) is 109 Å². The average molecular weight is 747 g/mol. The molecule has 3 heterocycles. The van der Waals surface area contributed by atoms with Crippen LogP contribution in [0.15, 0.2) is 198 Å². The molecule has 270 valence electrons. The summed E-state index contributed by atoms with van der Waals surface area (Å²) in [6.07, 6.45) is 0. The Morgan fingerprint density at radius 3 is 1.84 bits per heavy atom. The fourth-order valence-electron chi connectivity index (χ4n) is 8.39. The highest BCUT2D eigenvalue weighted by atomic mass is 16.3. The minimum atomic E-state index is -0.360. The number of furan rings is 1. The normalized spacial score (nSPS) is 13.2. The molecule has 0 aliphatic carbocycles. The van der Waals surface area contributed by atoms with Crippen molar-refractivity contribution in [1.82, 2.24) is 19.5 Å². The predicted molar refractivity (Wildman–Crippen MR) is 238 cm³/mol. The number of para-hydroxylation sites is 4. The van der Waals surface area contributed by atoms with Crippen LogP contribution in [-0.4, -0.2) is 19.5 Å². The summed E-state index contributed by atoms with van der Waals surface area (Å²) in [5.74, 6) is 1.41. The maximum Gasteiger partial charge on any atom is 0.164 e. The minimum Gasteiger partial charge on any atom is -0.455 e. The van der Waals surface area contributed by atoms with Crippen molar-refractivity contribution in [1.29, 1.82) is 0 Å². The Balaban J connectivity index is 1.19. The van der Waals surface area contributed by atoms with Crippen LogP contribution in [0.5, 0.6) is 0 Å². The van der Waals surface area contributed by atoms with Gasteiger partial charge in [0.05, 0.1) is 24.9 Å². The van der Waals surface area contributed by atoms with Gasteiger partial charge in [0, 0.05) is 49.4 Å². The summed E-state index contributed by atoms with van der Waals surface area (Å²) in [5, 5.41) is 6.52. The summed E-state index contributed by atoms with van der Waals surface area (Å²) in [7, 11) is 0. The fourth-order valence-corrected chi connectivity index (χ4v) is 8.39. The molecule has 0 aliphatic heterocycles. The van der Waals surface area contributed by atoms with Crippen molar-refractivity contribution >= 4 is 65.3 Å². The van der Waals surface area contributed by atoms with Crippen LogP contribution in [0.3, 0.4) is 0 Å². The number of hydrogen-bond donors (Lipinski definition) is 0. The molecule has 12 aromatic rings. The fraction of sp³-hybridized carbons (Fsp3) is 0. The Labute approximate surface area is 341 Å². The van der Waals surface area contributed by atoms with Crippen molar-refractivity contribution in [2.24, 2.45) is 0 Å². The Kier molecular flexibility index (Phi) is 5.94. The summed E-state index contributed by atoms with van der Waals surface area (Å²) in [6.45, 7) is 0. The number of rotatable bonds is 5. The zero-order valence-corrected chi connectivity index (χ0v) is 30.7. The van der Waals surface area contributed by atoms with E-state index in [4.69, 9.17) is 26.2 Å². The Morgan fingerprint density at radius 2 is 1.05 bits per heavy atom. The molecule has 5 nitrogen and oxygen atoms in total. The van der Waals surface area contributed by atoms with Gasteiger partial charge in [-0.25, -0.2) is 15.0 Å². The van der Waals surface area contributed by atoms with Crippen molar-refractivity contribution in [3.63, 3.8) is 0 Å². The van der Waals surface area contributed by atoms with Crippen LogP contribution >= 0.6 is 0 Å². The Hall–Kier alpha value is -7.89. The van der Waals surface area contributed by atoms with Gasteiger partial charge in [-0.2, -0.15) is 0 Å². The molecule has 0 bridgehead atoms. The van der Waals surface area contributed by atoms with E-state index in [0.29, 0.717) is 34.3 Å². The lowest BCUT2D eigenvalue weighted by molar-refractivity contribution is 0.670. The largest absolute Gasteiger partial charge is 0.455 e. The lowest BCUT2D eigenvalue weighted by Gasteiger charge is -2.17. The first kappa shape index (κ1) is 26.8. The first-order chi connectivity index (χ1) is 31.2. The topological polar surface area (TPSA) is 56.7 Å². The summed E-state index contributed by atoms with van der Waals surface area (Å²) in [6, 6.07) is 50.3. The second kappa shape index (κ2) is 12.8. The minimum absolute atomic E-state index is 0.0261. The second-order valence-corrected chi connectivity index (χ2v) is 14.3. The summed E-state index contributed by atoms with van der Waals surface area (Å²) < 4.78 is 62.2. The third-order valence-corrected chi connectivity index (χ3v) is 11.0. The molecule has 0 aliphatic rings. The lowest BCUT2D eigenvalue weighted by Crippen LogP contribution is -2.02. The molecule has 0 atom stereocenters. The van der Waals surface area contributed by atoms with Gasteiger partial charge in [-0.3, -0.25) is 0 Å². The molecule has 0 spiro atoms. The molecule has 0 amide bonds. The molecule has 0 saturated carbocycles. The molecule has 0 N–H and O–H groups in total. The number of hydrogen-bond acceptors (Lipinski definition) is 4. The highest BCUT2D eigenvalue weighted by molar-refractivity contribution is 6.14. The van der Waals surface area contributed by atoms with Crippen molar-refractivity contribution in [3.05, 3.63) is 194 Å². The van der Waals surface area contributed by atoms with Crippen molar-refractivity contribution in [3.8, 4) is 51.0 Å². The zero-order chi connectivity index (χ0) is 43.4. The van der Waals surface area contributed by atoms with Crippen LogP contribution in [0.2, 0.25) is 0 Å². The van der Waals surface area contributed by atoms with E-state index in [2.05, 4.69) is 47.0 Å². The Bertz CT molecular complexity index is 3880. The number of aromatic nitrogens is 4. The van der Waals surface area contributed by atoms with Crippen molar-refractivity contribution < 1.29 is 12.6 Å². The van der Waals surface area contributed by atoms with Gasteiger partial charge < -0.3 is 8.98 Å². The van der Waals surface area contributed by atoms with E-state index in [-0.39, 0.29) is 63.8 Å². The van der Waals surface area contributed by atoms with Gasteiger partial charge in [0.25, 0.3) is 0 Å². The highest BCUT2D eigenvalue weighted by Crippen LogP contribution is 2.42. The maximum atomic E-state index is 9.47. The van der Waals surface area contributed by atoms with E-state index < -0.39 is 0 Å². The maximum absolute atomic E-state index is 9.47. The third kappa shape index (κ3) is 5.00.